The van der Waals surface area contributed by atoms with E-state index in [0.29, 0.717) is 29.7 Å². The average Bonchev–Trinajstić information content (AvgIpc) is 3.56. The summed E-state index contributed by atoms with van der Waals surface area (Å²) in [5.41, 5.74) is 12.1. The lowest BCUT2D eigenvalue weighted by Gasteiger charge is -2.11. The smallest absolute Gasteiger partial charge is 0.256 e. The molecular weight excluding hydrogens is 418 g/mol. The van der Waals surface area contributed by atoms with Gasteiger partial charge in [-0.2, -0.15) is 0 Å². The minimum absolute atomic E-state index is 0.0342. The number of nitrogens with zero attached hydrogens (tertiary/aromatic N) is 3. The van der Waals surface area contributed by atoms with Crippen molar-refractivity contribution in [1.29, 1.82) is 0 Å². The highest BCUT2D eigenvalue weighted by molar-refractivity contribution is 7.99. The molecule has 2 atom stereocenters. The number of benzene rings is 1. The Bertz CT molecular complexity index is 1020. The summed E-state index contributed by atoms with van der Waals surface area (Å²) in [5, 5.41) is 8.89. The Balaban J connectivity index is 1.24. The van der Waals surface area contributed by atoms with Crippen LogP contribution < -0.4 is 21.7 Å². The molecular formula is C20H23N7O3S. The zero-order chi connectivity index (χ0) is 21.6. The number of thioether (sulfide) groups is 1. The lowest BCUT2D eigenvalue weighted by atomic mass is 10.0. The Morgan fingerprint density at radius 1 is 1.16 bits per heavy atom. The molecule has 0 saturated carbocycles. The Morgan fingerprint density at radius 3 is 2.74 bits per heavy atom. The van der Waals surface area contributed by atoms with E-state index in [4.69, 9.17) is 4.42 Å². The van der Waals surface area contributed by atoms with Crippen molar-refractivity contribution in [2.24, 2.45) is 0 Å². The van der Waals surface area contributed by atoms with Gasteiger partial charge in [-0.1, -0.05) is 42.1 Å². The van der Waals surface area contributed by atoms with Gasteiger partial charge < -0.3 is 4.42 Å². The normalized spacial score (nSPS) is 18.1. The molecule has 11 heteroatoms. The number of aromatic nitrogens is 3. The maximum Gasteiger partial charge on any atom is 0.256 e. The fraction of sp³-hybridized carbons (Fsp3) is 0.300. The van der Waals surface area contributed by atoms with Crippen molar-refractivity contribution >= 4 is 23.6 Å². The first-order chi connectivity index (χ1) is 15.2. The molecule has 1 aromatic carbocycles. The number of hydrazine groups is 2. The van der Waals surface area contributed by atoms with E-state index >= 15 is 0 Å². The number of rotatable bonds is 7. The van der Waals surface area contributed by atoms with Crippen molar-refractivity contribution in [1.82, 2.24) is 36.5 Å². The van der Waals surface area contributed by atoms with Gasteiger partial charge in [0.1, 0.15) is 6.04 Å². The summed E-state index contributed by atoms with van der Waals surface area (Å²) in [6.45, 7) is 2.60. The van der Waals surface area contributed by atoms with Crippen LogP contribution in [0.1, 0.15) is 24.9 Å². The van der Waals surface area contributed by atoms with Crippen molar-refractivity contribution in [3.05, 3.63) is 54.3 Å². The van der Waals surface area contributed by atoms with E-state index in [9.17, 15) is 9.59 Å². The summed E-state index contributed by atoms with van der Waals surface area (Å²) >= 11 is 1.24. The van der Waals surface area contributed by atoms with E-state index in [0.717, 1.165) is 5.56 Å². The SMILES string of the molecule is CCn1c(SCC(=O)NNC(=O)C2CC(c3ccccc3)NN2)nnc1-c1ccco1. The van der Waals surface area contributed by atoms with Gasteiger partial charge in [-0.15, -0.1) is 10.2 Å². The van der Waals surface area contributed by atoms with Gasteiger partial charge in [0, 0.05) is 12.6 Å². The van der Waals surface area contributed by atoms with Crippen molar-refractivity contribution in [2.75, 3.05) is 5.75 Å². The van der Waals surface area contributed by atoms with Crippen LogP contribution in [0.5, 0.6) is 0 Å². The molecule has 2 amide bonds. The Labute approximate surface area is 183 Å². The first kappa shape index (κ1) is 21.1. The maximum atomic E-state index is 12.4. The highest BCUT2D eigenvalue weighted by Crippen LogP contribution is 2.24. The maximum absolute atomic E-state index is 12.4. The second-order valence-electron chi connectivity index (χ2n) is 6.89. The van der Waals surface area contributed by atoms with Gasteiger partial charge in [0.25, 0.3) is 5.91 Å². The standard InChI is InChI=1S/C20H23N7O3S/c1-2-27-18(16-9-6-10-30-16)24-26-20(27)31-12-17(28)23-25-19(29)15-11-14(21-22-15)13-7-4-3-5-8-13/h3-10,14-15,21-22H,2,11-12H2,1H3,(H,23,28)(H,25,29). The van der Waals surface area contributed by atoms with Gasteiger partial charge in [0.2, 0.25) is 5.91 Å². The molecule has 10 nitrogen and oxygen atoms in total. The zero-order valence-electron chi connectivity index (χ0n) is 16.9. The van der Waals surface area contributed by atoms with E-state index < -0.39 is 6.04 Å². The highest BCUT2D eigenvalue weighted by Gasteiger charge is 2.30. The summed E-state index contributed by atoms with van der Waals surface area (Å²) in [7, 11) is 0. The molecule has 2 aromatic heterocycles. The van der Waals surface area contributed by atoms with E-state index in [-0.39, 0.29) is 23.6 Å². The summed E-state index contributed by atoms with van der Waals surface area (Å²) in [6.07, 6.45) is 2.15. The number of furan rings is 1. The molecule has 2 unspecified atom stereocenters. The second-order valence-corrected chi connectivity index (χ2v) is 7.84. The first-order valence-corrected chi connectivity index (χ1v) is 10.9. The van der Waals surface area contributed by atoms with E-state index in [1.807, 2.05) is 41.8 Å². The average molecular weight is 442 g/mol. The monoisotopic (exact) mass is 441 g/mol. The van der Waals surface area contributed by atoms with E-state index in [2.05, 4.69) is 31.9 Å². The molecule has 3 heterocycles. The number of hydrogen-bond donors (Lipinski definition) is 4. The minimum atomic E-state index is -0.447. The molecule has 0 radical (unpaired) electrons. The lowest BCUT2D eigenvalue weighted by molar-refractivity contribution is -0.128. The summed E-state index contributed by atoms with van der Waals surface area (Å²) in [4.78, 5) is 24.6. The second kappa shape index (κ2) is 9.77. The Morgan fingerprint density at radius 2 is 2.00 bits per heavy atom. The zero-order valence-corrected chi connectivity index (χ0v) is 17.7. The number of carbonyl (C=O) groups is 2. The van der Waals surface area contributed by atoms with Crippen LogP contribution >= 0.6 is 11.8 Å². The third kappa shape index (κ3) is 4.95. The molecule has 1 aliphatic heterocycles. The molecule has 0 spiro atoms. The van der Waals surface area contributed by atoms with Gasteiger partial charge >= 0.3 is 0 Å². The molecule has 0 aliphatic carbocycles. The fourth-order valence-electron chi connectivity index (χ4n) is 3.29. The van der Waals surface area contributed by atoms with Gasteiger partial charge in [0.15, 0.2) is 16.7 Å². The number of nitrogens with one attached hydrogen (secondary N) is 4. The Hall–Kier alpha value is -3.15. The highest BCUT2D eigenvalue weighted by atomic mass is 32.2. The third-order valence-electron chi connectivity index (χ3n) is 4.85. The topological polar surface area (TPSA) is 126 Å². The van der Waals surface area contributed by atoms with E-state index in [1.165, 1.54) is 11.8 Å². The third-order valence-corrected chi connectivity index (χ3v) is 5.82. The minimum Gasteiger partial charge on any atom is -0.461 e. The summed E-state index contributed by atoms with van der Waals surface area (Å²) in [6, 6.07) is 13.0. The van der Waals surface area contributed by atoms with Gasteiger partial charge in [0.05, 0.1) is 12.0 Å². The van der Waals surface area contributed by atoms with Crippen LogP contribution in [-0.2, 0) is 16.1 Å². The van der Waals surface area contributed by atoms with Crippen LogP contribution in [-0.4, -0.2) is 38.4 Å². The molecule has 4 N–H and O–H groups in total. The molecule has 1 fully saturated rings. The van der Waals surface area contributed by atoms with Crippen molar-refractivity contribution in [3.8, 4) is 11.6 Å². The summed E-state index contributed by atoms with van der Waals surface area (Å²) < 4.78 is 7.25. The van der Waals surface area contributed by atoms with Crippen LogP contribution in [0.15, 0.2) is 58.3 Å². The number of carbonyl (C=O) groups excluding carboxylic acids is 2. The van der Waals surface area contributed by atoms with Crippen molar-refractivity contribution in [2.45, 2.75) is 37.1 Å². The number of amides is 2. The van der Waals surface area contributed by atoms with Gasteiger partial charge in [-0.3, -0.25) is 25.0 Å². The molecule has 1 aliphatic rings. The molecule has 1 saturated heterocycles. The fourth-order valence-corrected chi connectivity index (χ4v) is 4.09. The predicted molar refractivity (Wildman–Crippen MR) is 114 cm³/mol. The van der Waals surface area contributed by atoms with Gasteiger partial charge in [-0.25, -0.2) is 10.9 Å². The molecule has 4 rings (SSSR count). The van der Waals surface area contributed by atoms with Crippen LogP contribution in [0.25, 0.3) is 11.6 Å². The van der Waals surface area contributed by atoms with Gasteiger partial charge in [-0.05, 0) is 31.0 Å². The molecule has 162 valence electrons. The van der Waals surface area contributed by atoms with Crippen molar-refractivity contribution < 1.29 is 14.0 Å². The van der Waals surface area contributed by atoms with Crippen molar-refractivity contribution in [3.63, 3.8) is 0 Å². The molecule has 3 aromatic rings. The predicted octanol–water partition coefficient (Wildman–Crippen LogP) is 1.41. The lowest BCUT2D eigenvalue weighted by Crippen LogP contribution is -2.50. The van der Waals surface area contributed by atoms with Crippen LogP contribution in [0, 0.1) is 0 Å². The van der Waals surface area contributed by atoms with Crippen LogP contribution in [0.4, 0.5) is 0 Å². The summed E-state index contributed by atoms with van der Waals surface area (Å²) in [5.74, 6) is 0.663. The molecule has 0 bridgehead atoms. The Kier molecular flexibility index (Phi) is 6.65. The quantitative estimate of drug-likeness (QED) is 0.320. The largest absolute Gasteiger partial charge is 0.461 e. The number of hydrogen-bond acceptors (Lipinski definition) is 8. The molecule has 31 heavy (non-hydrogen) atoms. The van der Waals surface area contributed by atoms with Crippen LogP contribution in [0.2, 0.25) is 0 Å². The first-order valence-electron chi connectivity index (χ1n) is 9.90. The van der Waals surface area contributed by atoms with E-state index in [1.54, 1.807) is 18.4 Å². The van der Waals surface area contributed by atoms with Crippen LogP contribution in [0.3, 0.4) is 0 Å².